The summed E-state index contributed by atoms with van der Waals surface area (Å²) >= 11 is 0. The van der Waals surface area contributed by atoms with Crippen molar-refractivity contribution in [1.29, 1.82) is 0 Å². The molecule has 144 valence electrons. The number of amides is 1. The first-order valence-electron chi connectivity index (χ1n) is 8.61. The number of ketones is 1. The van der Waals surface area contributed by atoms with Crippen LogP contribution in [0.1, 0.15) is 39.1 Å². The van der Waals surface area contributed by atoms with Crippen LogP contribution in [0.15, 0.2) is 59.1 Å². The molecule has 3 rings (SSSR count). The van der Waals surface area contributed by atoms with Crippen molar-refractivity contribution >= 4 is 11.7 Å². The monoisotopic (exact) mass is 382 g/mol. The van der Waals surface area contributed by atoms with Crippen molar-refractivity contribution in [2.24, 2.45) is 0 Å². The Hall–Kier alpha value is -3.48. The maximum absolute atomic E-state index is 13.0. The minimum atomic E-state index is -0.326. The SMILES string of the molecule is CC(=O)c1cccc(OCc2cc(C(=O)N(C)Cc3ccc(F)cc3)no2)c1. The third-order valence-electron chi connectivity index (χ3n) is 4.08. The van der Waals surface area contributed by atoms with Crippen molar-refractivity contribution in [1.82, 2.24) is 10.1 Å². The van der Waals surface area contributed by atoms with Crippen molar-refractivity contribution in [3.05, 3.63) is 83.0 Å². The molecule has 0 N–H and O–H groups in total. The van der Waals surface area contributed by atoms with Gasteiger partial charge >= 0.3 is 0 Å². The molecule has 0 aliphatic heterocycles. The average Bonchev–Trinajstić information content (AvgIpc) is 3.16. The second-order valence-electron chi connectivity index (χ2n) is 6.34. The number of Topliss-reactive ketones (excluding diaryl/α,β-unsaturated/α-hetero) is 1. The first-order valence-corrected chi connectivity index (χ1v) is 8.61. The van der Waals surface area contributed by atoms with Gasteiger partial charge in [-0.05, 0) is 36.8 Å². The summed E-state index contributed by atoms with van der Waals surface area (Å²) in [5, 5.41) is 3.79. The van der Waals surface area contributed by atoms with E-state index in [9.17, 15) is 14.0 Å². The molecule has 0 aliphatic rings. The Morgan fingerprint density at radius 2 is 1.89 bits per heavy atom. The molecular weight excluding hydrogens is 363 g/mol. The highest BCUT2D eigenvalue weighted by atomic mass is 19.1. The summed E-state index contributed by atoms with van der Waals surface area (Å²) in [5.74, 6) is 0.199. The smallest absolute Gasteiger partial charge is 0.276 e. The number of carbonyl (C=O) groups is 2. The molecule has 28 heavy (non-hydrogen) atoms. The van der Waals surface area contributed by atoms with E-state index in [0.29, 0.717) is 23.6 Å². The molecule has 0 saturated heterocycles. The van der Waals surface area contributed by atoms with Gasteiger partial charge in [0.2, 0.25) is 0 Å². The van der Waals surface area contributed by atoms with Gasteiger partial charge in [-0.2, -0.15) is 0 Å². The summed E-state index contributed by atoms with van der Waals surface area (Å²) in [6, 6.07) is 14.3. The highest BCUT2D eigenvalue weighted by molar-refractivity contribution is 5.94. The molecule has 0 aliphatic carbocycles. The van der Waals surface area contributed by atoms with Gasteiger partial charge in [-0.1, -0.05) is 29.4 Å². The summed E-state index contributed by atoms with van der Waals surface area (Å²) in [4.78, 5) is 25.4. The third-order valence-corrected chi connectivity index (χ3v) is 4.08. The first-order chi connectivity index (χ1) is 13.4. The number of benzene rings is 2. The lowest BCUT2D eigenvalue weighted by molar-refractivity contribution is 0.0774. The van der Waals surface area contributed by atoms with Crippen LogP contribution in [0.5, 0.6) is 5.75 Å². The van der Waals surface area contributed by atoms with Crippen molar-refractivity contribution < 1.29 is 23.2 Å². The molecule has 0 spiro atoms. The van der Waals surface area contributed by atoms with E-state index < -0.39 is 0 Å². The number of hydrogen-bond donors (Lipinski definition) is 0. The fourth-order valence-electron chi connectivity index (χ4n) is 2.57. The third kappa shape index (κ3) is 4.82. The van der Waals surface area contributed by atoms with E-state index in [-0.39, 0.29) is 29.8 Å². The number of nitrogens with zero attached hydrogens (tertiary/aromatic N) is 2. The van der Waals surface area contributed by atoms with Crippen LogP contribution in [0.3, 0.4) is 0 Å². The molecule has 1 aromatic heterocycles. The van der Waals surface area contributed by atoms with Crippen molar-refractivity contribution in [3.8, 4) is 5.75 Å². The van der Waals surface area contributed by atoms with Gasteiger partial charge in [-0.3, -0.25) is 9.59 Å². The van der Waals surface area contributed by atoms with Crippen molar-refractivity contribution in [2.75, 3.05) is 7.05 Å². The van der Waals surface area contributed by atoms with E-state index in [0.717, 1.165) is 5.56 Å². The zero-order valence-electron chi connectivity index (χ0n) is 15.5. The van der Waals surface area contributed by atoms with Gasteiger partial charge in [0.1, 0.15) is 18.2 Å². The maximum Gasteiger partial charge on any atom is 0.276 e. The van der Waals surface area contributed by atoms with E-state index in [1.807, 2.05) is 0 Å². The minimum absolute atomic E-state index is 0.0535. The lowest BCUT2D eigenvalue weighted by Gasteiger charge is -2.15. The predicted molar refractivity (Wildman–Crippen MR) is 99.5 cm³/mol. The van der Waals surface area contributed by atoms with E-state index in [1.54, 1.807) is 43.4 Å². The Balaban J connectivity index is 1.59. The van der Waals surface area contributed by atoms with Gasteiger partial charge in [-0.25, -0.2) is 4.39 Å². The molecule has 0 fully saturated rings. The van der Waals surface area contributed by atoms with E-state index in [4.69, 9.17) is 9.26 Å². The molecule has 1 amide bonds. The zero-order valence-corrected chi connectivity index (χ0v) is 15.5. The van der Waals surface area contributed by atoms with Gasteiger partial charge in [0, 0.05) is 25.2 Å². The highest BCUT2D eigenvalue weighted by Gasteiger charge is 2.17. The van der Waals surface area contributed by atoms with Crippen LogP contribution in [0, 0.1) is 5.82 Å². The lowest BCUT2D eigenvalue weighted by Crippen LogP contribution is -2.26. The van der Waals surface area contributed by atoms with E-state index in [1.165, 1.54) is 30.0 Å². The van der Waals surface area contributed by atoms with Crippen LogP contribution in [0.25, 0.3) is 0 Å². The second kappa shape index (κ2) is 8.47. The quantitative estimate of drug-likeness (QED) is 0.580. The van der Waals surface area contributed by atoms with Gasteiger partial charge in [0.25, 0.3) is 5.91 Å². The average molecular weight is 382 g/mol. The van der Waals surface area contributed by atoms with Crippen LogP contribution in [-0.4, -0.2) is 28.8 Å². The van der Waals surface area contributed by atoms with Crippen molar-refractivity contribution in [2.45, 2.75) is 20.1 Å². The molecule has 0 saturated carbocycles. The van der Waals surface area contributed by atoms with Crippen LogP contribution in [0.2, 0.25) is 0 Å². The topological polar surface area (TPSA) is 72.6 Å². The van der Waals surface area contributed by atoms with Crippen LogP contribution < -0.4 is 4.74 Å². The Kier molecular flexibility index (Phi) is 5.84. The normalized spacial score (nSPS) is 10.5. The van der Waals surface area contributed by atoms with E-state index >= 15 is 0 Å². The Morgan fingerprint density at radius 3 is 2.61 bits per heavy atom. The fourth-order valence-corrected chi connectivity index (χ4v) is 2.57. The lowest BCUT2D eigenvalue weighted by atomic mass is 10.1. The molecule has 7 heteroatoms. The molecule has 3 aromatic rings. The summed E-state index contributed by atoms with van der Waals surface area (Å²) in [6.45, 7) is 1.87. The molecule has 0 bridgehead atoms. The van der Waals surface area contributed by atoms with Gasteiger partial charge < -0.3 is 14.2 Å². The molecule has 0 radical (unpaired) electrons. The summed E-state index contributed by atoms with van der Waals surface area (Å²) in [7, 11) is 1.63. The molecule has 2 aromatic carbocycles. The molecule has 1 heterocycles. The Labute approximate surface area is 161 Å². The number of halogens is 1. The number of carbonyl (C=O) groups excluding carboxylic acids is 2. The predicted octanol–water partition coefficient (Wildman–Crippen LogP) is 3.87. The number of ether oxygens (including phenoxy) is 1. The maximum atomic E-state index is 13.0. The summed E-state index contributed by atoms with van der Waals surface area (Å²) in [5.41, 5.74) is 1.50. The number of aromatic nitrogens is 1. The summed E-state index contributed by atoms with van der Waals surface area (Å²) in [6.07, 6.45) is 0. The van der Waals surface area contributed by atoms with Crippen LogP contribution in [-0.2, 0) is 13.2 Å². The second-order valence-corrected chi connectivity index (χ2v) is 6.34. The zero-order chi connectivity index (χ0) is 20.1. The number of hydrogen-bond acceptors (Lipinski definition) is 5. The molecular formula is C21H19FN2O4. The van der Waals surface area contributed by atoms with Crippen molar-refractivity contribution in [3.63, 3.8) is 0 Å². The van der Waals surface area contributed by atoms with E-state index in [2.05, 4.69) is 5.16 Å². The Bertz CT molecular complexity index is 982. The van der Waals surface area contributed by atoms with Crippen LogP contribution in [0.4, 0.5) is 4.39 Å². The molecule has 0 atom stereocenters. The standard InChI is InChI=1S/C21H19FN2O4/c1-14(25)16-4-3-5-18(10-16)27-13-19-11-20(23-28-19)21(26)24(2)12-15-6-8-17(22)9-7-15/h3-11H,12-13H2,1-2H3. The minimum Gasteiger partial charge on any atom is -0.486 e. The van der Waals surface area contributed by atoms with Crippen LogP contribution >= 0.6 is 0 Å². The first kappa shape index (κ1) is 19.3. The highest BCUT2D eigenvalue weighted by Crippen LogP contribution is 2.17. The Morgan fingerprint density at radius 1 is 1.14 bits per heavy atom. The van der Waals surface area contributed by atoms with Gasteiger partial charge in [-0.15, -0.1) is 0 Å². The largest absolute Gasteiger partial charge is 0.486 e. The fraction of sp³-hybridized carbons (Fsp3) is 0.190. The number of rotatable bonds is 7. The molecule has 6 nitrogen and oxygen atoms in total. The molecule has 0 unspecified atom stereocenters. The van der Waals surface area contributed by atoms with Gasteiger partial charge in [0.15, 0.2) is 17.2 Å². The van der Waals surface area contributed by atoms with Gasteiger partial charge in [0.05, 0.1) is 0 Å². The summed E-state index contributed by atoms with van der Waals surface area (Å²) < 4.78 is 23.7.